The summed E-state index contributed by atoms with van der Waals surface area (Å²) in [6, 6.07) is 10.8. The molecule has 2 N–H and O–H groups in total. The second-order valence-electron chi connectivity index (χ2n) is 10.6. The van der Waals surface area contributed by atoms with Crippen LogP contribution in [0, 0.1) is 11.8 Å². The molecule has 1 aliphatic rings. The summed E-state index contributed by atoms with van der Waals surface area (Å²) in [7, 11) is 9.26. The van der Waals surface area contributed by atoms with E-state index >= 15 is 0 Å². The van der Waals surface area contributed by atoms with Crippen LogP contribution in [-0.2, 0) is 0 Å². The van der Waals surface area contributed by atoms with Crippen LogP contribution in [0.2, 0.25) is 0 Å². The van der Waals surface area contributed by atoms with Gasteiger partial charge in [-0.3, -0.25) is 4.79 Å². The highest BCUT2D eigenvalue weighted by molar-refractivity contribution is 5.95. The normalized spacial score (nSPS) is 17.1. The number of alkyl halides is 1. The molecule has 3 aromatic rings. The van der Waals surface area contributed by atoms with Crippen LogP contribution in [0.3, 0.4) is 0 Å². The Hall–Kier alpha value is -4.07. The first-order chi connectivity index (χ1) is 19.7. The molecule has 0 bridgehead atoms. The number of benzene rings is 1. The van der Waals surface area contributed by atoms with Crippen LogP contribution in [0.1, 0.15) is 28.0 Å². The van der Waals surface area contributed by atoms with Gasteiger partial charge in [0.2, 0.25) is 0 Å². The second kappa shape index (κ2) is 13.5. The number of carbonyl (C=O) groups excluding carboxylic acids is 1. The fourth-order valence-electron chi connectivity index (χ4n) is 4.81. The number of carbonyl (C=O) groups is 1. The predicted octanol–water partition coefficient (Wildman–Crippen LogP) is 3.54. The van der Waals surface area contributed by atoms with Gasteiger partial charge in [0.05, 0.1) is 30.9 Å². The van der Waals surface area contributed by atoms with E-state index in [1.54, 1.807) is 41.8 Å². The molecule has 10 heteroatoms. The third kappa shape index (κ3) is 7.17. The summed E-state index contributed by atoms with van der Waals surface area (Å²) in [6.45, 7) is 6.96. The predicted molar refractivity (Wildman–Crippen MR) is 164 cm³/mol. The van der Waals surface area contributed by atoms with Gasteiger partial charge in [-0.1, -0.05) is 24.6 Å². The highest BCUT2D eigenvalue weighted by atomic mass is 19.1. The monoisotopic (exact) mass is 561 g/mol. The Kier molecular flexibility index (Phi) is 9.86. The molecule has 41 heavy (non-hydrogen) atoms. The second-order valence-corrected chi connectivity index (χ2v) is 10.6. The number of nitrogens with zero attached hydrogens (tertiary/aromatic N) is 5. The topological polar surface area (TPSA) is 77.4 Å². The van der Waals surface area contributed by atoms with Crippen LogP contribution in [0.5, 0.6) is 5.75 Å². The number of hydrogen-bond donors (Lipinski definition) is 2. The number of fused-ring (bicyclic) bond motifs is 1. The zero-order chi connectivity index (χ0) is 29.5. The van der Waals surface area contributed by atoms with Crippen molar-refractivity contribution in [2.75, 3.05) is 78.7 Å². The Labute approximate surface area is 241 Å². The van der Waals surface area contributed by atoms with E-state index in [4.69, 9.17) is 9.84 Å². The van der Waals surface area contributed by atoms with Crippen LogP contribution in [0.25, 0.3) is 11.6 Å². The number of piperidine rings is 1. The lowest BCUT2D eigenvalue weighted by atomic mass is 10.0. The first kappa shape index (κ1) is 29.9. The zero-order valence-electron chi connectivity index (χ0n) is 24.6. The number of likely N-dealkylation sites (N-methyl/N-ethyl adjacent to an activating group) is 2. The van der Waals surface area contributed by atoms with E-state index < -0.39 is 6.17 Å². The molecule has 0 unspecified atom stereocenters. The molecule has 0 radical (unpaired) electrons. The van der Waals surface area contributed by atoms with Gasteiger partial charge in [-0.05, 0) is 63.8 Å². The first-order valence-electron chi connectivity index (χ1n) is 13.8. The summed E-state index contributed by atoms with van der Waals surface area (Å²) in [6.07, 6.45) is 1.50. The summed E-state index contributed by atoms with van der Waals surface area (Å²) in [5.41, 5.74) is 3.55. The highest BCUT2D eigenvalue weighted by Crippen LogP contribution is 2.26. The zero-order valence-corrected chi connectivity index (χ0v) is 24.6. The molecule has 1 saturated heterocycles. The summed E-state index contributed by atoms with van der Waals surface area (Å²) in [4.78, 5) is 18.6. The number of ether oxygens (including phenoxy) is 1. The molecule has 0 saturated carbocycles. The minimum absolute atomic E-state index is 0.0630. The van der Waals surface area contributed by atoms with E-state index in [-0.39, 0.29) is 11.9 Å². The lowest BCUT2D eigenvalue weighted by Crippen LogP contribution is -2.46. The average Bonchev–Trinajstić information content (AvgIpc) is 3.33. The highest BCUT2D eigenvalue weighted by Gasteiger charge is 2.28. The van der Waals surface area contributed by atoms with Gasteiger partial charge in [0.25, 0.3) is 5.91 Å². The molecule has 2 aromatic heterocycles. The maximum absolute atomic E-state index is 14.7. The largest absolute Gasteiger partial charge is 0.495 e. The minimum Gasteiger partial charge on any atom is -0.495 e. The molecule has 1 fully saturated rings. The average molecular weight is 562 g/mol. The van der Waals surface area contributed by atoms with Gasteiger partial charge in [-0.2, -0.15) is 5.10 Å². The Balaban J connectivity index is 1.46. The number of methoxy groups -OCH3 is 1. The number of halogens is 1. The van der Waals surface area contributed by atoms with E-state index in [0.717, 1.165) is 35.7 Å². The third-order valence-electron chi connectivity index (χ3n) is 7.23. The van der Waals surface area contributed by atoms with Crippen molar-refractivity contribution in [1.82, 2.24) is 24.3 Å². The van der Waals surface area contributed by atoms with E-state index in [1.165, 1.54) is 0 Å². The van der Waals surface area contributed by atoms with E-state index in [0.29, 0.717) is 43.1 Å². The Morgan fingerprint density at radius 2 is 2.07 bits per heavy atom. The molecule has 0 aliphatic carbocycles. The van der Waals surface area contributed by atoms with E-state index in [1.807, 2.05) is 55.2 Å². The molecule has 1 aromatic carbocycles. The quantitative estimate of drug-likeness (QED) is 0.367. The van der Waals surface area contributed by atoms with Crippen LogP contribution in [-0.4, -0.2) is 110 Å². The van der Waals surface area contributed by atoms with Crippen LogP contribution in [0.15, 0.2) is 43.0 Å². The Bertz CT molecular complexity index is 1440. The number of aromatic nitrogens is 2. The number of anilines is 2. The first-order valence-corrected chi connectivity index (χ1v) is 13.8. The van der Waals surface area contributed by atoms with Crippen molar-refractivity contribution in [3.63, 3.8) is 0 Å². The molecule has 0 spiro atoms. The molecular weight excluding hydrogens is 521 g/mol. The van der Waals surface area contributed by atoms with Gasteiger partial charge < -0.3 is 30.1 Å². The van der Waals surface area contributed by atoms with Crippen molar-refractivity contribution in [2.24, 2.45) is 0 Å². The SMILES string of the molecule is C=Cc1c(C#CCNc2ccc(C(=O)N(C)CCN(C)C)cc2OC)nn2c(N[C@@H]3CCN(C)C[C@@H]3F)cccc12. The summed E-state index contributed by atoms with van der Waals surface area (Å²) >= 11 is 0. The number of pyridine rings is 1. The van der Waals surface area contributed by atoms with Crippen molar-refractivity contribution in [3.05, 3.63) is 59.8 Å². The van der Waals surface area contributed by atoms with Crippen molar-refractivity contribution < 1.29 is 13.9 Å². The molecule has 3 heterocycles. The standard InChI is InChI=1S/C31H40FN7O2/c1-7-23-25(35-39-28(23)11-8-12-30(39)34-26-15-17-37(4)21-24(26)32)10-9-16-33-27-14-13-22(20-29(27)41-6)31(40)38(5)19-18-36(2)3/h7-8,11-14,20,24,26,33-34H,1,15-19,21H2,2-6H3/t24-,26+/m0/s1. The van der Waals surface area contributed by atoms with Gasteiger partial charge >= 0.3 is 0 Å². The van der Waals surface area contributed by atoms with Crippen molar-refractivity contribution in [1.29, 1.82) is 0 Å². The Morgan fingerprint density at radius 1 is 1.27 bits per heavy atom. The number of likely N-dealkylation sites (tertiary alicyclic amines) is 1. The van der Waals surface area contributed by atoms with E-state index in [2.05, 4.69) is 29.1 Å². The number of amides is 1. The lowest BCUT2D eigenvalue weighted by molar-refractivity contribution is 0.0786. The van der Waals surface area contributed by atoms with Crippen LogP contribution >= 0.6 is 0 Å². The van der Waals surface area contributed by atoms with Crippen molar-refractivity contribution in [2.45, 2.75) is 18.6 Å². The fraction of sp³-hybridized carbons (Fsp3) is 0.419. The van der Waals surface area contributed by atoms with E-state index in [9.17, 15) is 9.18 Å². The number of rotatable bonds is 10. The summed E-state index contributed by atoms with van der Waals surface area (Å²) < 4.78 is 22.0. The molecule has 1 amide bonds. The third-order valence-corrected chi connectivity index (χ3v) is 7.23. The molecule has 1 aliphatic heterocycles. The van der Waals surface area contributed by atoms with Gasteiger partial charge in [0.1, 0.15) is 23.4 Å². The van der Waals surface area contributed by atoms with Crippen molar-refractivity contribution >= 4 is 29.0 Å². The Morgan fingerprint density at radius 3 is 2.78 bits per heavy atom. The summed E-state index contributed by atoms with van der Waals surface area (Å²) in [5.74, 6) is 7.50. The lowest BCUT2D eigenvalue weighted by Gasteiger charge is -2.33. The van der Waals surface area contributed by atoms with Gasteiger partial charge in [0.15, 0.2) is 0 Å². The molecular formula is C31H40FN7O2. The summed E-state index contributed by atoms with van der Waals surface area (Å²) in [5, 5.41) is 11.3. The number of hydrogen-bond acceptors (Lipinski definition) is 7. The fourth-order valence-corrected chi connectivity index (χ4v) is 4.81. The molecule has 218 valence electrons. The maximum Gasteiger partial charge on any atom is 0.253 e. The maximum atomic E-state index is 14.7. The molecule has 2 atom stereocenters. The number of nitrogens with one attached hydrogen (secondary N) is 2. The van der Waals surface area contributed by atoms with Crippen LogP contribution < -0.4 is 15.4 Å². The van der Waals surface area contributed by atoms with Gasteiger partial charge in [-0.25, -0.2) is 8.91 Å². The van der Waals surface area contributed by atoms with Crippen molar-refractivity contribution in [3.8, 4) is 17.6 Å². The van der Waals surface area contributed by atoms with Gasteiger partial charge in [0, 0.05) is 44.4 Å². The minimum atomic E-state index is -0.961. The van der Waals surface area contributed by atoms with Crippen LogP contribution in [0.4, 0.5) is 15.9 Å². The van der Waals surface area contributed by atoms with Gasteiger partial charge in [-0.15, -0.1) is 0 Å². The molecule has 4 rings (SSSR count). The molecule has 9 nitrogen and oxygen atoms in total. The smallest absolute Gasteiger partial charge is 0.253 e.